The van der Waals surface area contributed by atoms with Crippen molar-refractivity contribution in [3.8, 4) is 6.07 Å². The molecule has 0 amide bonds. The van der Waals surface area contributed by atoms with Crippen molar-refractivity contribution in [1.82, 2.24) is 14.7 Å². The minimum absolute atomic E-state index is 0.417. The number of hydrogen-bond donors (Lipinski definition) is 0. The Morgan fingerprint density at radius 1 is 1.50 bits per heavy atom. The average Bonchev–Trinajstić information content (AvgIpc) is 2.55. The number of nitriles is 1. The van der Waals surface area contributed by atoms with Crippen LogP contribution < -0.4 is 0 Å². The molecule has 0 saturated heterocycles. The molecule has 0 aromatic carbocycles. The summed E-state index contributed by atoms with van der Waals surface area (Å²) in [6, 6.07) is 2.16. The molecule has 5 heteroatoms. The smallest absolute Gasteiger partial charge is 0.0869 e. The molecule has 0 bridgehead atoms. The molecule has 1 rings (SSSR count). The number of aromatic nitrogens is 2. The second-order valence-electron chi connectivity index (χ2n) is 3.62. The zero-order valence-electron chi connectivity index (χ0n) is 10.00. The van der Waals surface area contributed by atoms with Crippen LogP contribution in [0.3, 0.4) is 0 Å². The van der Waals surface area contributed by atoms with Gasteiger partial charge in [-0.1, -0.05) is 18.5 Å². The summed E-state index contributed by atoms with van der Waals surface area (Å²) in [5, 5.41) is 13.8. The summed E-state index contributed by atoms with van der Waals surface area (Å²) in [5.74, 6) is 0. The fraction of sp³-hybridized carbons (Fsp3) is 0.636. The first-order valence-electron chi connectivity index (χ1n) is 5.45. The van der Waals surface area contributed by atoms with E-state index in [1.807, 2.05) is 30.4 Å². The highest BCUT2D eigenvalue weighted by atomic mass is 35.5. The molecule has 0 unspecified atom stereocenters. The van der Waals surface area contributed by atoms with Crippen LogP contribution in [0.15, 0.2) is 0 Å². The lowest BCUT2D eigenvalue weighted by atomic mass is 10.3. The van der Waals surface area contributed by atoms with Gasteiger partial charge in [0.05, 0.1) is 29.0 Å². The van der Waals surface area contributed by atoms with E-state index < -0.39 is 0 Å². The number of halogens is 1. The maximum atomic E-state index is 8.70. The summed E-state index contributed by atoms with van der Waals surface area (Å²) >= 11 is 6.20. The third-order valence-corrected chi connectivity index (χ3v) is 3.06. The topological polar surface area (TPSA) is 44.9 Å². The van der Waals surface area contributed by atoms with Crippen LogP contribution >= 0.6 is 11.6 Å². The lowest BCUT2D eigenvalue weighted by molar-refractivity contribution is 0.303. The van der Waals surface area contributed by atoms with E-state index in [1.165, 1.54) is 0 Å². The summed E-state index contributed by atoms with van der Waals surface area (Å²) in [4.78, 5) is 2.04. The Hall–Kier alpha value is -1.05. The summed E-state index contributed by atoms with van der Waals surface area (Å²) in [6.07, 6.45) is 0. The van der Waals surface area contributed by atoms with Crippen molar-refractivity contribution in [3.63, 3.8) is 0 Å². The van der Waals surface area contributed by atoms with Gasteiger partial charge in [-0.15, -0.1) is 0 Å². The second kappa shape index (κ2) is 5.88. The minimum Gasteiger partial charge on any atom is -0.285 e. The van der Waals surface area contributed by atoms with Gasteiger partial charge in [-0.25, -0.2) is 0 Å². The van der Waals surface area contributed by atoms with Crippen LogP contribution in [-0.2, 0) is 13.1 Å². The number of hydrogen-bond acceptors (Lipinski definition) is 3. The molecule has 0 atom stereocenters. The lowest BCUT2D eigenvalue weighted by Crippen LogP contribution is -2.24. The largest absolute Gasteiger partial charge is 0.285 e. The van der Waals surface area contributed by atoms with E-state index in [9.17, 15) is 0 Å². The Kier molecular flexibility index (Phi) is 4.78. The normalized spacial score (nSPS) is 10.8. The molecule has 1 heterocycles. The monoisotopic (exact) mass is 240 g/mol. The van der Waals surface area contributed by atoms with E-state index in [-0.39, 0.29) is 0 Å². The standard InChI is InChI=1S/C11H17ClN4/c1-4-15(7-6-13)8-10-11(12)9(3)14-16(10)5-2/h4-5,7-8H2,1-3H3. The molecular weight excluding hydrogens is 224 g/mol. The fourth-order valence-corrected chi connectivity index (χ4v) is 1.81. The predicted octanol–water partition coefficient (Wildman–Crippen LogP) is 2.21. The summed E-state index contributed by atoms with van der Waals surface area (Å²) in [5.41, 5.74) is 1.85. The van der Waals surface area contributed by atoms with E-state index in [1.54, 1.807) is 0 Å². The maximum Gasteiger partial charge on any atom is 0.0869 e. The lowest BCUT2D eigenvalue weighted by Gasteiger charge is -2.17. The van der Waals surface area contributed by atoms with Gasteiger partial charge in [0.25, 0.3) is 0 Å². The zero-order chi connectivity index (χ0) is 12.1. The van der Waals surface area contributed by atoms with Gasteiger partial charge in [0, 0.05) is 13.1 Å². The van der Waals surface area contributed by atoms with E-state index in [0.717, 1.165) is 29.5 Å². The van der Waals surface area contributed by atoms with Crippen LogP contribution in [0.1, 0.15) is 25.2 Å². The van der Waals surface area contributed by atoms with Gasteiger partial charge in [0.15, 0.2) is 0 Å². The van der Waals surface area contributed by atoms with Crippen LogP contribution in [-0.4, -0.2) is 27.8 Å². The van der Waals surface area contributed by atoms with Crippen molar-refractivity contribution in [1.29, 1.82) is 5.26 Å². The molecule has 0 radical (unpaired) electrons. The van der Waals surface area contributed by atoms with Gasteiger partial charge in [-0.3, -0.25) is 9.58 Å². The van der Waals surface area contributed by atoms with E-state index in [0.29, 0.717) is 13.1 Å². The predicted molar refractivity (Wildman–Crippen MR) is 64.2 cm³/mol. The molecule has 0 spiro atoms. The molecule has 4 nitrogen and oxygen atoms in total. The first-order valence-corrected chi connectivity index (χ1v) is 5.82. The van der Waals surface area contributed by atoms with Crippen LogP contribution in [0.4, 0.5) is 0 Å². The highest BCUT2D eigenvalue weighted by molar-refractivity contribution is 6.31. The average molecular weight is 241 g/mol. The highest BCUT2D eigenvalue weighted by Crippen LogP contribution is 2.21. The van der Waals surface area contributed by atoms with Gasteiger partial charge in [-0.2, -0.15) is 10.4 Å². The molecule has 0 saturated carbocycles. The third kappa shape index (κ3) is 2.75. The molecule has 16 heavy (non-hydrogen) atoms. The Morgan fingerprint density at radius 3 is 2.69 bits per heavy atom. The molecule has 0 aliphatic carbocycles. The second-order valence-corrected chi connectivity index (χ2v) is 4.00. The van der Waals surface area contributed by atoms with E-state index in [4.69, 9.17) is 16.9 Å². The van der Waals surface area contributed by atoms with Crippen molar-refractivity contribution in [2.45, 2.75) is 33.9 Å². The molecule has 1 aromatic heterocycles. The molecule has 1 aromatic rings. The molecule has 88 valence electrons. The molecule has 0 aliphatic rings. The SMILES string of the molecule is CCN(CC#N)Cc1c(Cl)c(C)nn1CC. The van der Waals surface area contributed by atoms with E-state index >= 15 is 0 Å². The molecule has 0 fully saturated rings. The third-order valence-electron chi connectivity index (χ3n) is 2.57. The van der Waals surface area contributed by atoms with Gasteiger partial charge in [0.1, 0.15) is 0 Å². The molecule has 0 N–H and O–H groups in total. The Bertz CT molecular complexity index is 391. The van der Waals surface area contributed by atoms with Crippen molar-refractivity contribution in [3.05, 3.63) is 16.4 Å². The number of rotatable bonds is 5. The highest BCUT2D eigenvalue weighted by Gasteiger charge is 2.14. The van der Waals surface area contributed by atoms with Crippen molar-refractivity contribution in [2.24, 2.45) is 0 Å². The van der Waals surface area contributed by atoms with Gasteiger partial charge in [-0.05, 0) is 20.4 Å². The Labute approximate surface area is 101 Å². The minimum atomic E-state index is 0.417. The van der Waals surface area contributed by atoms with Crippen LogP contribution in [0, 0.1) is 18.3 Å². The number of aryl methyl sites for hydroxylation is 2. The van der Waals surface area contributed by atoms with Crippen LogP contribution in [0.5, 0.6) is 0 Å². The quantitative estimate of drug-likeness (QED) is 0.742. The maximum absolute atomic E-state index is 8.70. The summed E-state index contributed by atoms with van der Waals surface area (Å²) in [7, 11) is 0. The Balaban J connectivity index is 2.90. The van der Waals surface area contributed by atoms with Crippen molar-refractivity contribution >= 4 is 11.6 Å². The summed E-state index contributed by atoms with van der Waals surface area (Å²) < 4.78 is 1.90. The van der Waals surface area contributed by atoms with Crippen LogP contribution in [0.2, 0.25) is 5.02 Å². The van der Waals surface area contributed by atoms with Crippen molar-refractivity contribution in [2.75, 3.05) is 13.1 Å². The fourth-order valence-electron chi connectivity index (χ4n) is 1.61. The van der Waals surface area contributed by atoms with Gasteiger partial charge in [0.2, 0.25) is 0 Å². The van der Waals surface area contributed by atoms with Crippen molar-refractivity contribution < 1.29 is 0 Å². The Morgan fingerprint density at radius 2 is 2.19 bits per heavy atom. The molecular formula is C11H17ClN4. The zero-order valence-corrected chi connectivity index (χ0v) is 10.8. The summed E-state index contributed by atoms with van der Waals surface area (Å²) in [6.45, 7) is 8.69. The first kappa shape index (κ1) is 13.0. The van der Waals surface area contributed by atoms with Crippen LogP contribution in [0.25, 0.3) is 0 Å². The first-order chi connectivity index (χ1) is 7.63. The van der Waals surface area contributed by atoms with Gasteiger partial charge >= 0.3 is 0 Å². The van der Waals surface area contributed by atoms with E-state index in [2.05, 4.69) is 11.2 Å². The molecule has 0 aliphatic heterocycles. The van der Waals surface area contributed by atoms with Gasteiger partial charge < -0.3 is 0 Å². The number of nitrogens with zero attached hydrogens (tertiary/aromatic N) is 4.